The number of Topliss-reactive ketones (excluding diaryl/α,β-unsaturated/α-hetero) is 1. The van der Waals surface area contributed by atoms with Crippen LogP contribution < -0.4 is 5.32 Å². The van der Waals surface area contributed by atoms with Crippen molar-refractivity contribution in [1.82, 2.24) is 5.32 Å². The third-order valence-corrected chi connectivity index (χ3v) is 3.67. The highest BCUT2D eigenvalue weighted by Crippen LogP contribution is 2.10. The van der Waals surface area contributed by atoms with Gasteiger partial charge < -0.3 is 5.32 Å². The topological polar surface area (TPSA) is 29.1 Å². The number of hydrogen-bond donors (Lipinski definition) is 1. The predicted octanol–water partition coefficient (Wildman–Crippen LogP) is 3.58. The summed E-state index contributed by atoms with van der Waals surface area (Å²) in [6.07, 6.45) is 1.59. The van der Waals surface area contributed by atoms with E-state index < -0.39 is 0 Å². The largest absolute Gasteiger partial charge is 0.316 e. The summed E-state index contributed by atoms with van der Waals surface area (Å²) in [5.41, 5.74) is 1.33. The molecule has 0 bridgehead atoms. The first-order valence-corrected chi connectivity index (χ1v) is 7.05. The Morgan fingerprint density at radius 3 is 2.53 bits per heavy atom. The SMILES string of the molecule is Cl.O=C(CCNCCc1ccccc1)c1cccs1. The second-order valence-corrected chi connectivity index (χ2v) is 5.08. The highest BCUT2D eigenvalue weighted by molar-refractivity contribution is 7.12. The van der Waals surface area contributed by atoms with Crippen LogP contribution in [0.2, 0.25) is 0 Å². The molecule has 2 rings (SSSR count). The summed E-state index contributed by atoms with van der Waals surface area (Å²) in [4.78, 5) is 12.6. The molecule has 0 saturated heterocycles. The molecule has 0 aliphatic carbocycles. The zero-order valence-electron chi connectivity index (χ0n) is 10.7. The van der Waals surface area contributed by atoms with Crippen molar-refractivity contribution in [2.75, 3.05) is 13.1 Å². The van der Waals surface area contributed by atoms with Crippen LogP contribution in [-0.4, -0.2) is 18.9 Å². The van der Waals surface area contributed by atoms with Crippen LogP contribution in [0.1, 0.15) is 21.7 Å². The lowest BCUT2D eigenvalue weighted by Crippen LogP contribution is -2.20. The van der Waals surface area contributed by atoms with Gasteiger partial charge in [-0.05, 0) is 30.0 Å². The number of halogens is 1. The summed E-state index contributed by atoms with van der Waals surface area (Å²) in [6.45, 7) is 1.67. The zero-order chi connectivity index (χ0) is 12.6. The van der Waals surface area contributed by atoms with E-state index in [4.69, 9.17) is 0 Å². The van der Waals surface area contributed by atoms with Crippen molar-refractivity contribution in [2.24, 2.45) is 0 Å². The minimum Gasteiger partial charge on any atom is -0.316 e. The summed E-state index contributed by atoms with van der Waals surface area (Å²) < 4.78 is 0. The maximum atomic E-state index is 11.7. The first-order valence-electron chi connectivity index (χ1n) is 6.17. The van der Waals surface area contributed by atoms with Gasteiger partial charge in [0.1, 0.15) is 0 Å². The Balaban J connectivity index is 0.00000180. The van der Waals surface area contributed by atoms with Crippen LogP contribution in [0.3, 0.4) is 0 Å². The maximum Gasteiger partial charge on any atom is 0.174 e. The number of benzene rings is 1. The Morgan fingerprint density at radius 2 is 1.84 bits per heavy atom. The molecule has 1 aromatic heterocycles. The van der Waals surface area contributed by atoms with Gasteiger partial charge in [0.25, 0.3) is 0 Å². The molecule has 0 atom stereocenters. The highest BCUT2D eigenvalue weighted by Gasteiger charge is 2.05. The highest BCUT2D eigenvalue weighted by atomic mass is 35.5. The second-order valence-electron chi connectivity index (χ2n) is 4.14. The molecule has 2 nitrogen and oxygen atoms in total. The third-order valence-electron chi connectivity index (χ3n) is 2.76. The monoisotopic (exact) mass is 295 g/mol. The fraction of sp³-hybridized carbons (Fsp3) is 0.267. The molecule has 0 saturated carbocycles. The van der Waals surface area contributed by atoms with Crippen LogP contribution in [0.4, 0.5) is 0 Å². The lowest BCUT2D eigenvalue weighted by molar-refractivity contribution is 0.0986. The average Bonchev–Trinajstić information content (AvgIpc) is 2.93. The molecule has 0 radical (unpaired) electrons. The summed E-state index contributed by atoms with van der Waals surface area (Å²) in [5.74, 6) is 0.234. The average molecular weight is 296 g/mol. The fourth-order valence-electron chi connectivity index (χ4n) is 1.76. The number of rotatable bonds is 7. The first kappa shape index (κ1) is 15.9. The third kappa shape index (κ3) is 5.55. The minimum atomic E-state index is 0. The number of hydrogen-bond acceptors (Lipinski definition) is 3. The van der Waals surface area contributed by atoms with Gasteiger partial charge in [-0.2, -0.15) is 0 Å². The number of ketones is 1. The van der Waals surface area contributed by atoms with Gasteiger partial charge in [0, 0.05) is 13.0 Å². The van der Waals surface area contributed by atoms with Crippen molar-refractivity contribution in [3.63, 3.8) is 0 Å². The van der Waals surface area contributed by atoms with Gasteiger partial charge in [0.2, 0.25) is 0 Å². The van der Waals surface area contributed by atoms with Crippen molar-refractivity contribution >= 4 is 29.5 Å². The van der Waals surface area contributed by atoms with E-state index in [-0.39, 0.29) is 18.2 Å². The van der Waals surface area contributed by atoms with Crippen LogP contribution in [0.5, 0.6) is 0 Å². The summed E-state index contributed by atoms with van der Waals surface area (Å²) in [6, 6.07) is 14.2. The molecule has 0 amide bonds. The number of carbonyl (C=O) groups is 1. The molecule has 4 heteroatoms. The van der Waals surface area contributed by atoms with Gasteiger partial charge in [-0.25, -0.2) is 0 Å². The number of thiophene rings is 1. The van der Waals surface area contributed by atoms with Crippen molar-refractivity contribution in [3.8, 4) is 0 Å². The summed E-state index contributed by atoms with van der Waals surface area (Å²) in [5, 5.41) is 5.25. The molecule has 19 heavy (non-hydrogen) atoms. The quantitative estimate of drug-likeness (QED) is 0.625. The van der Waals surface area contributed by atoms with Crippen LogP contribution in [0, 0.1) is 0 Å². The Hall–Kier alpha value is -1.16. The molecule has 1 N–H and O–H groups in total. The fourth-order valence-corrected chi connectivity index (χ4v) is 2.46. The molecule has 0 spiro atoms. The van der Waals surface area contributed by atoms with E-state index in [0.29, 0.717) is 6.42 Å². The standard InChI is InChI=1S/C15H17NOS.ClH/c17-14(15-7-4-12-18-15)9-11-16-10-8-13-5-2-1-3-6-13;/h1-7,12,16H,8-11H2;1H. The normalized spacial score (nSPS) is 9.89. The van der Waals surface area contributed by atoms with Crippen molar-refractivity contribution in [1.29, 1.82) is 0 Å². The molecule has 0 unspecified atom stereocenters. The smallest absolute Gasteiger partial charge is 0.174 e. The van der Waals surface area contributed by atoms with E-state index >= 15 is 0 Å². The zero-order valence-corrected chi connectivity index (χ0v) is 12.3. The number of carbonyl (C=O) groups excluding carboxylic acids is 1. The Morgan fingerprint density at radius 1 is 1.05 bits per heavy atom. The van der Waals surface area contributed by atoms with E-state index in [9.17, 15) is 4.79 Å². The van der Waals surface area contributed by atoms with Crippen LogP contribution in [0.25, 0.3) is 0 Å². The predicted molar refractivity (Wildman–Crippen MR) is 83.5 cm³/mol. The Bertz CT molecular complexity index is 470. The summed E-state index contributed by atoms with van der Waals surface area (Å²) in [7, 11) is 0. The lowest BCUT2D eigenvalue weighted by Gasteiger charge is -2.03. The molecule has 1 heterocycles. The summed E-state index contributed by atoms with van der Waals surface area (Å²) >= 11 is 1.51. The van der Waals surface area contributed by atoms with Gasteiger partial charge in [-0.1, -0.05) is 36.4 Å². The van der Waals surface area contributed by atoms with Gasteiger partial charge >= 0.3 is 0 Å². The second kappa shape index (κ2) is 8.86. The first-order chi connectivity index (χ1) is 8.86. The molecule has 0 aliphatic rings. The van der Waals surface area contributed by atoms with E-state index in [2.05, 4.69) is 29.6 Å². The van der Waals surface area contributed by atoms with E-state index in [1.165, 1.54) is 16.9 Å². The van der Waals surface area contributed by atoms with Crippen LogP contribution in [0.15, 0.2) is 47.8 Å². The van der Waals surface area contributed by atoms with Crippen LogP contribution >= 0.6 is 23.7 Å². The van der Waals surface area contributed by atoms with Crippen molar-refractivity contribution in [3.05, 3.63) is 58.3 Å². The molecule has 0 fully saturated rings. The minimum absolute atomic E-state index is 0. The van der Waals surface area contributed by atoms with E-state index in [1.54, 1.807) is 0 Å². The molecule has 0 aliphatic heterocycles. The molecule has 2 aromatic rings. The van der Waals surface area contributed by atoms with E-state index in [1.807, 2.05) is 23.6 Å². The van der Waals surface area contributed by atoms with E-state index in [0.717, 1.165) is 24.4 Å². The lowest BCUT2D eigenvalue weighted by atomic mass is 10.1. The Kier molecular flexibility index (Phi) is 7.41. The van der Waals surface area contributed by atoms with Crippen molar-refractivity contribution < 1.29 is 4.79 Å². The maximum absolute atomic E-state index is 11.7. The molecule has 102 valence electrons. The van der Waals surface area contributed by atoms with Gasteiger partial charge in [-0.15, -0.1) is 23.7 Å². The van der Waals surface area contributed by atoms with Gasteiger partial charge in [0.05, 0.1) is 4.88 Å². The molecular weight excluding hydrogens is 278 g/mol. The van der Waals surface area contributed by atoms with Gasteiger partial charge in [0.15, 0.2) is 5.78 Å². The Labute approximate surface area is 124 Å². The van der Waals surface area contributed by atoms with Crippen LogP contribution in [-0.2, 0) is 6.42 Å². The van der Waals surface area contributed by atoms with Gasteiger partial charge in [-0.3, -0.25) is 4.79 Å². The number of nitrogens with one attached hydrogen (secondary N) is 1. The molecule has 1 aromatic carbocycles. The van der Waals surface area contributed by atoms with Crippen molar-refractivity contribution in [2.45, 2.75) is 12.8 Å². The molecular formula is C15H18ClNOS.